The molecule has 1 unspecified atom stereocenters. The zero-order chi connectivity index (χ0) is 14.3. The molecule has 3 aromatic rings. The van der Waals surface area contributed by atoms with Crippen LogP contribution in [0, 0.1) is 5.82 Å². The molecule has 1 heterocycles. The smallest absolute Gasteiger partial charge is 0.149 e. The molecule has 5 heteroatoms. The number of aliphatic hydroxyl groups is 1. The van der Waals surface area contributed by atoms with Crippen molar-refractivity contribution in [3.05, 3.63) is 68.2 Å². The Bertz CT molecular complexity index is 787. The maximum absolute atomic E-state index is 14.2. The lowest BCUT2D eigenvalue weighted by molar-refractivity contribution is 0.217. The lowest BCUT2D eigenvalue weighted by Gasteiger charge is -2.13. The molecule has 0 aliphatic heterocycles. The van der Waals surface area contributed by atoms with Gasteiger partial charge in [-0.1, -0.05) is 35.9 Å². The van der Waals surface area contributed by atoms with Gasteiger partial charge in [0.1, 0.15) is 11.9 Å². The van der Waals surface area contributed by atoms with Crippen LogP contribution in [0.1, 0.15) is 17.2 Å². The van der Waals surface area contributed by atoms with Crippen LogP contribution in [0.5, 0.6) is 0 Å². The zero-order valence-corrected chi connectivity index (χ0v) is 13.3. The van der Waals surface area contributed by atoms with Gasteiger partial charge in [0.05, 0.1) is 5.02 Å². The molecule has 0 aliphatic carbocycles. The summed E-state index contributed by atoms with van der Waals surface area (Å²) in [5, 5.41) is 13.2. The van der Waals surface area contributed by atoms with Gasteiger partial charge in [0.2, 0.25) is 0 Å². The molecule has 1 nitrogen and oxygen atoms in total. The highest BCUT2D eigenvalue weighted by molar-refractivity contribution is 9.10. The lowest BCUT2D eigenvalue weighted by atomic mass is 10.0. The van der Waals surface area contributed by atoms with Gasteiger partial charge in [0.25, 0.3) is 0 Å². The SMILES string of the molecule is OC(c1ccc(Br)c(Cl)c1F)c1csc2ccccc12. The molecule has 0 spiro atoms. The number of fused-ring (bicyclic) bond motifs is 1. The molecule has 0 amide bonds. The molecule has 2 aromatic carbocycles. The molecule has 0 aliphatic rings. The number of hydrogen-bond acceptors (Lipinski definition) is 2. The predicted molar refractivity (Wildman–Crippen MR) is 85.0 cm³/mol. The van der Waals surface area contributed by atoms with Crippen LogP contribution in [-0.4, -0.2) is 5.11 Å². The van der Waals surface area contributed by atoms with Gasteiger partial charge in [0.15, 0.2) is 0 Å². The summed E-state index contributed by atoms with van der Waals surface area (Å²) in [6.45, 7) is 0. The third-order valence-corrected chi connectivity index (χ3v) is 5.41. The molecule has 0 radical (unpaired) electrons. The van der Waals surface area contributed by atoms with Crippen molar-refractivity contribution >= 4 is 49.0 Å². The highest BCUT2D eigenvalue weighted by Crippen LogP contribution is 2.37. The van der Waals surface area contributed by atoms with Crippen LogP contribution < -0.4 is 0 Å². The van der Waals surface area contributed by atoms with E-state index < -0.39 is 11.9 Å². The van der Waals surface area contributed by atoms with Crippen molar-refractivity contribution in [2.24, 2.45) is 0 Å². The second-order valence-corrected chi connectivity index (χ2v) is 6.50. The Balaban J connectivity index is 2.13. The monoisotopic (exact) mass is 370 g/mol. The van der Waals surface area contributed by atoms with E-state index in [0.717, 1.165) is 10.1 Å². The molecule has 1 N–H and O–H groups in total. The average molecular weight is 372 g/mol. The normalized spacial score (nSPS) is 12.8. The Labute approximate surface area is 132 Å². The minimum absolute atomic E-state index is 0.0129. The summed E-state index contributed by atoms with van der Waals surface area (Å²) in [4.78, 5) is 0. The van der Waals surface area contributed by atoms with Gasteiger partial charge in [-0.25, -0.2) is 4.39 Å². The first-order valence-corrected chi connectivity index (χ1v) is 7.92. The minimum Gasteiger partial charge on any atom is -0.383 e. The Morgan fingerprint density at radius 3 is 2.70 bits per heavy atom. The fourth-order valence-electron chi connectivity index (χ4n) is 2.13. The summed E-state index contributed by atoms with van der Waals surface area (Å²) < 4.78 is 15.7. The minimum atomic E-state index is -1.03. The maximum Gasteiger partial charge on any atom is 0.149 e. The molecule has 0 saturated heterocycles. The topological polar surface area (TPSA) is 20.2 Å². The fourth-order valence-corrected chi connectivity index (χ4v) is 3.59. The third-order valence-electron chi connectivity index (χ3n) is 3.17. The van der Waals surface area contributed by atoms with Crippen LogP contribution in [0.2, 0.25) is 5.02 Å². The maximum atomic E-state index is 14.2. The lowest BCUT2D eigenvalue weighted by Crippen LogP contribution is -2.02. The Morgan fingerprint density at radius 2 is 1.90 bits per heavy atom. The highest BCUT2D eigenvalue weighted by atomic mass is 79.9. The van der Waals surface area contributed by atoms with Crippen molar-refractivity contribution in [1.82, 2.24) is 0 Å². The van der Waals surface area contributed by atoms with E-state index in [-0.39, 0.29) is 10.6 Å². The van der Waals surface area contributed by atoms with E-state index in [9.17, 15) is 9.50 Å². The average Bonchev–Trinajstić information content (AvgIpc) is 2.88. The Morgan fingerprint density at radius 1 is 1.15 bits per heavy atom. The van der Waals surface area contributed by atoms with Crippen molar-refractivity contribution in [2.45, 2.75) is 6.10 Å². The molecule has 1 aromatic heterocycles. The standard InChI is InChI=1S/C15H9BrClFOS/c16-11-6-5-9(14(18)13(11)17)15(19)10-7-20-12-4-2-1-3-8(10)12/h1-7,15,19H. The molecule has 0 bridgehead atoms. The van der Waals surface area contributed by atoms with Crippen LogP contribution in [0.15, 0.2) is 46.3 Å². The van der Waals surface area contributed by atoms with Crippen molar-refractivity contribution in [3.63, 3.8) is 0 Å². The number of rotatable bonds is 2. The van der Waals surface area contributed by atoms with E-state index in [1.54, 1.807) is 12.1 Å². The van der Waals surface area contributed by atoms with Gasteiger partial charge < -0.3 is 5.11 Å². The van der Waals surface area contributed by atoms with Crippen LogP contribution in [-0.2, 0) is 0 Å². The third kappa shape index (κ3) is 2.27. The van der Waals surface area contributed by atoms with Gasteiger partial charge in [-0.05, 0) is 38.8 Å². The van der Waals surface area contributed by atoms with E-state index in [1.165, 1.54) is 11.3 Å². The zero-order valence-electron chi connectivity index (χ0n) is 10.1. The van der Waals surface area contributed by atoms with Gasteiger partial charge in [-0.3, -0.25) is 0 Å². The van der Waals surface area contributed by atoms with Crippen molar-refractivity contribution in [2.75, 3.05) is 0 Å². The molecule has 20 heavy (non-hydrogen) atoms. The summed E-state index contributed by atoms with van der Waals surface area (Å²) in [7, 11) is 0. The summed E-state index contributed by atoms with van der Waals surface area (Å²) in [5.74, 6) is -0.594. The van der Waals surface area contributed by atoms with Crippen molar-refractivity contribution < 1.29 is 9.50 Å². The van der Waals surface area contributed by atoms with Gasteiger partial charge >= 0.3 is 0 Å². The van der Waals surface area contributed by atoms with Gasteiger partial charge in [-0.15, -0.1) is 11.3 Å². The summed E-state index contributed by atoms with van der Waals surface area (Å²) in [6, 6.07) is 10.9. The van der Waals surface area contributed by atoms with Crippen LogP contribution >= 0.6 is 38.9 Å². The second kappa shape index (κ2) is 5.45. The molecular weight excluding hydrogens is 363 g/mol. The fraction of sp³-hybridized carbons (Fsp3) is 0.0667. The first-order chi connectivity index (χ1) is 9.59. The predicted octanol–water partition coefficient (Wildman–Crippen LogP) is 5.54. The second-order valence-electron chi connectivity index (χ2n) is 4.35. The summed E-state index contributed by atoms with van der Waals surface area (Å²) >= 11 is 10.6. The van der Waals surface area contributed by atoms with E-state index in [1.807, 2.05) is 29.6 Å². The number of benzene rings is 2. The van der Waals surface area contributed by atoms with E-state index in [2.05, 4.69) is 15.9 Å². The molecular formula is C15H9BrClFOS. The molecule has 1 atom stereocenters. The van der Waals surface area contributed by atoms with Crippen molar-refractivity contribution in [3.8, 4) is 0 Å². The molecule has 0 saturated carbocycles. The van der Waals surface area contributed by atoms with Crippen molar-refractivity contribution in [1.29, 1.82) is 0 Å². The number of hydrogen-bond donors (Lipinski definition) is 1. The van der Waals surface area contributed by atoms with E-state index >= 15 is 0 Å². The number of aliphatic hydroxyl groups excluding tert-OH is 1. The highest BCUT2D eigenvalue weighted by Gasteiger charge is 2.21. The molecule has 3 rings (SSSR count). The molecule has 102 valence electrons. The van der Waals surface area contributed by atoms with Crippen LogP contribution in [0.3, 0.4) is 0 Å². The van der Waals surface area contributed by atoms with Gasteiger partial charge in [0, 0.05) is 20.3 Å². The quantitative estimate of drug-likeness (QED) is 0.587. The first-order valence-electron chi connectivity index (χ1n) is 5.87. The van der Waals surface area contributed by atoms with Gasteiger partial charge in [-0.2, -0.15) is 0 Å². The summed E-state index contributed by atoms with van der Waals surface area (Å²) in [5.41, 5.74) is 0.879. The largest absolute Gasteiger partial charge is 0.383 e. The number of halogens is 3. The summed E-state index contributed by atoms with van der Waals surface area (Å²) in [6.07, 6.45) is -1.03. The van der Waals surface area contributed by atoms with E-state index in [4.69, 9.17) is 11.6 Å². The Kier molecular flexibility index (Phi) is 3.82. The first kappa shape index (κ1) is 14.0. The Hall–Kier alpha value is -0.940. The van der Waals surface area contributed by atoms with Crippen LogP contribution in [0.25, 0.3) is 10.1 Å². The number of thiophene rings is 1. The van der Waals surface area contributed by atoms with E-state index in [0.29, 0.717) is 10.0 Å². The molecule has 0 fully saturated rings. The van der Waals surface area contributed by atoms with Crippen LogP contribution in [0.4, 0.5) is 4.39 Å².